The summed E-state index contributed by atoms with van der Waals surface area (Å²) in [5.74, 6) is 0.450. The third-order valence-electron chi connectivity index (χ3n) is 4.48. The third kappa shape index (κ3) is 5.85. The van der Waals surface area contributed by atoms with E-state index in [1.807, 2.05) is 6.07 Å². The van der Waals surface area contributed by atoms with Gasteiger partial charge in [-0.25, -0.2) is 4.39 Å². The number of benzene rings is 2. The molecule has 0 fully saturated rings. The molecule has 0 aromatic heterocycles. The monoisotopic (exact) mass is 356 g/mol. The quantitative estimate of drug-likeness (QED) is 0.561. The minimum Gasteiger partial charge on any atom is -0.352 e. The number of rotatable bonds is 8. The molecule has 2 aromatic rings. The topological polar surface area (TPSA) is 39.7 Å². The molecule has 2 aromatic carbocycles. The van der Waals surface area contributed by atoms with Gasteiger partial charge in [-0.1, -0.05) is 56.3 Å². The van der Waals surface area contributed by atoms with Crippen molar-refractivity contribution in [3.63, 3.8) is 0 Å². The lowest BCUT2D eigenvalue weighted by Gasteiger charge is -2.20. The zero-order valence-electron chi connectivity index (χ0n) is 15.9. The molecule has 0 aliphatic rings. The van der Waals surface area contributed by atoms with Crippen molar-refractivity contribution in [3.05, 3.63) is 71.0 Å². The van der Waals surface area contributed by atoms with Crippen LogP contribution in [-0.4, -0.2) is 31.0 Å². The van der Waals surface area contributed by atoms with Crippen LogP contribution in [0.2, 0.25) is 0 Å². The first-order valence-electron chi connectivity index (χ1n) is 9.15. The Morgan fingerprint density at radius 3 is 2.00 bits per heavy atom. The van der Waals surface area contributed by atoms with Crippen molar-refractivity contribution in [2.75, 3.05) is 20.1 Å². The van der Waals surface area contributed by atoms with Crippen molar-refractivity contribution in [2.24, 2.45) is 4.99 Å². The predicted octanol–water partition coefficient (Wildman–Crippen LogP) is 3.53. The molecule has 2 rings (SSSR count). The number of nitrogens with one attached hydrogen (secondary N) is 2. The maximum atomic E-state index is 13.7. The second kappa shape index (κ2) is 10.6. The Labute approximate surface area is 156 Å². The largest absolute Gasteiger partial charge is 0.352 e. The van der Waals surface area contributed by atoms with Crippen LogP contribution in [0.4, 0.5) is 4.39 Å². The van der Waals surface area contributed by atoms with Crippen molar-refractivity contribution >= 4 is 5.96 Å². The van der Waals surface area contributed by atoms with Gasteiger partial charge < -0.3 is 10.6 Å². The number of aliphatic imine (C=N–C) groups is 1. The van der Waals surface area contributed by atoms with E-state index >= 15 is 0 Å². The molecule has 26 heavy (non-hydrogen) atoms. The number of halogens is 1. The highest BCUT2D eigenvalue weighted by molar-refractivity contribution is 5.79. The van der Waals surface area contributed by atoms with Crippen LogP contribution in [0.1, 0.15) is 30.5 Å². The molecular formula is C21H29FN4. The van der Waals surface area contributed by atoms with Crippen molar-refractivity contribution in [1.29, 1.82) is 0 Å². The number of hydrogen-bond donors (Lipinski definition) is 2. The lowest BCUT2D eigenvalue weighted by atomic mass is 10.1. The van der Waals surface area contributed by atoms with Crippen LogP contribution in [0, 0.1) is 5.82 Å². The van der Waals surface area contributed by atoms with Crippen LogP contribution in [0.25, 0.3) is 0 Å². The Hall–Kier alpha value is -2.40. The summed E-state index contributed by atoms with van der Waals surface area (Å²) < 4.78 is 13.7. The summed E-state index contributed by atoms with van der Waals surface area (Å²) in [4.78, 5) is 6.63. The lowest BCUT2D eigenvalue weighted by molar-refractivity contribution is 0.295. The highest BCUT2D eigenvalue weighted by Crippen LogP contribution is 2.12. The van der Waals surface area contributed by atoms with Crippen LogP contribution in [0.3, 0.4) is 0 Å². The second-order valence-corrected chi connectivity index (χ2v) is 6.10. The summed E-state index contributed by atoms with van der Waals surface area (Å²) in [7, 11) is 1.72. The van der Waals surface area contributed by atoms with E-state index in [9.17, 15) is 4.39 Å². The number of guanidine groups is 1. The van der Waals surface area contributed by atoms with Gasteiger partial charge in [0.1, 0.15) is 5.82 Å². The Kier molecular flexibility index (Phi) is 8.09. The molecule has 0 bridgehead atoms. The summed E-state index contributed by atoms with van der Waals surface area (Å²) in [6.45, 7) is 8.43. The Balaban J connectivity index is 1.95. The van der Waals surface area contributed by atoms with Gasteiger partial charge in [0.15, 0.2) is 5.96 Å². The standard InChI is InChI=1S/C21H29FN4/c1-4-26(5-2)16-19-12-7-6-10-17(19)14-24-21(23-3)25-15-18-11-8-9-13-20(18)22/h6-13H,4-5,14-16H2,1-3H3,(H2,23,24,25). The van der Waals surface area contributed by atoms with Gasteiger partial charge in [0.2, 0.25) is 0 Å². The van der Waals surface area contributed by atoms with Gasteiger partial charge in [-0.3, -0.25) is 9.89 Å². The summed E-state index contributed by atoms with van der Waals surface area (Å²) in [6, 6.07) is 15.2. The maximum absolute atomic E-state index is 13.7. The maximum Gasteiger partial charge on any atom is 0.191 e. The van der Waals surface area contributed by atoms with Crippen LogP contribution in [-0.2, 0) is 19.6 Å². The lowest BCUT2D eigenvalue weighted by Crippen LogP contribution is -2.36. The molecule has 0 aliphatic carbocycles. The van der Waals surface area contributed by atoms with E-state index in [4.69, 9.17) is 0 Å². The second-order valence-electron chi connectivity index (χ2n) is 6.10. The highest BCUT2D eigenvalue weighted by atomic mass is 19.1. The summed E-state index contributed by atoms with van der Waals surface area (Å²) in [6.07, 6.45) is 0. The van der Waals surface area contributed by atoms with Gasteiger partial charge in [0.05, 0.1) is 0 Å². The average Bonchev–Trinajstić information content (AvgIpc) is 2.68. The first-order chi connectivity index (χ1) is 12.7. The molecule has 0 atom stereocenters. The smallest absolute Gasteiger partial charge is 0.191 e. The summed E-state index contributed by atoms with van der Waals surface area (Å²) in [5, 5.41) is 6.49. The Morgan fingerprint density at radius 1 is 0.885 bits per heavy atom. The van der Waals surface area contributed by atoms with Gasteiger partial charge in [-0.05, 0) is 30.3 Å². The molecule has 0 saturated carbocycles. The molecule has 2 N–H and O–H groups in total. The van der Waals surface area contributed by atoms with E-state index in [1.54, 1.807) is 19.2 Å². The Bertz CT molecular complexity index is 711. The fraction of sp³-hybridized carbons (Fsp3) is 0.381. The molecule has 0 radical (unpaired) electrons. The molecule has 0 amide bonds. The van der Waals surface area contributed by atoms with Crippen LogP contribution < -0.4 is 10.6 Å². The van der Waals surface area contributed by atoms with Gasteiger partial charge in [-0.2, -0.15) is 0 Å². The van der Waals surface area contributed by atoms with Crippen LogP contribution >= 0.6 is 0 Å². The van der Waals surface area contributed by atoms with E-state index in [0.29, 0.717) is 24.6 Å². The van der Waals surface area contributed by atoms with Gasteiger partial charge in [-0.15, -0.1) is 0 Å². The summed E-state index contributed by atoms with van der Waals surface area (Å²) >= 11 is 0. The molecule has 0 unspecified atom stereocenters. The highest BCUT2D eigenvalue weighted by Gasteiger charge is 2.07. The molecule has 0 aliphatic heterocycles. The van der Waals surface area contributed by atoms with Crippen molar-refractivity contribution < 1.29 is 4.39 Å². The molecular weight excluding hydrogens is 327 g/mol. The van der Waals surface area contributed by atoms with Gasteiger partial charge in [0.25, 0.3) is 0 Å². The van der Waals surface area contributed by atoms with Crippen molar-refractivity contribution in [3.8, 4) is 0 Å². The predicted molar refractivity (Wildman–Crippen MR) is 107 cm³/mol. The minimum absolute atomic E-state index is 0.208. The molecule has 0 spiro atoms. The number of hydrogen-bond acceptors (Lipinski definition) is 2. The first kappa shape index (κ1) is 19.9. The molecule has 0 saturated heterocycles. The molecule has 5 heteroatoms. The van der Waals surface area contributed by atoms with E-state index < -0.39 is 0 Å². The molecule has 4 nitrogen and oxygen atoms in total. The van der Waals surface area contributed by atoms with E-state index in [2.05, 4.69) is 58.6 Å². The van der Waals surface area contributed by atoms with E-state index in [0.717, 1.165) is 19.6 Å². The van der Waals surface area contributed by atoms with Crippen LogP contribution in [0.15, 0.2) is 53.5 Å². The SMILES string of the molecule is CCN(CC)Cc1ccccc1CNC(=NC)NCc1ccccc1F. The molecule has 0 heterocycles. The zero-order valence-corrected chi connectivity index (χ0v) is 15.9. The van der Waals surface area contributed by atoms with E-state index in [-0.39, 0.29) is 5.82 Å². The van der Waals surface area contributed by atoms with Gasteiger partial charge in [0, 0.05) is 32.2 Å². The average molecular weight is 356 g/mol. The summed E-state index contributed by atoms with van der Waals surface area (Å²) in [5.41, 5.74) is 3.18. The number of nitrogens with zero attached hydrogens (tertiary/aromatic N) is 2. The van der Waals surface area contributed by atoms with E-state index in [1.165, 1.54) is 17.2 Å². The van der Waals surface area contributed by atoms with Crippen molar-refractivity contribution in [2.45, 2.75) is 33.5 Å². The fourth-order valence-electron chi connectivity index (χ4n) is 2.79. The zero-order chi connectivity index (χ0) is 18.8. The molecule has 140 valence electrons. The van der Waals surface area contributed by atoms with Gasteiger partial charge >= 0.3 is 0 Å². The first-order valence-corrected chi connectivity index (χ1v) is 9.15. The normalized spacial score (nSPS) is 11.7. The Morgan fingerprint density at radius 2 is 1.42 bits per heavy atom. The minimum atomic E-state index is -0.208. The fourth-order valence-corrected chi connectivity index (χ4v) is 2.79. The third-order valence-corrected chi connectivity index (χ3v) is 4.48. The van der Waals surface area contributed by atoms with Crippen molar-refractivity contribution in [1.82, 2.24) is 15.5 Å². The van der Waals surface area contributed by atoms with Crippen LogP contribution in [0.5, 0.6) is 0 Å².